The monoisotopic (exact) mass is 1060 g/mol. The average molecular weight is 1060 g/mol. The highest BCUT2D eigenvalue weighted by Crippen LogP contribution is 2.37. The third-order valence-corrected chi connectivity index (χ3v) is 13.8. The van der Waals surface area contributed by atoms with E-state index in [4.69, 9.17) is 21.1 Å². The Bertz CT molecular complexity index is 3450. The molecule has 2 atom stereocenters. The topological polar surface area (TPSA) is 158 Å². The zero-order valence-corrected chi connectivity index (χ0v) is 44.1. The molecule has 0 spiro atoms. The van der Waals surface area contributed by atoms with Crippen molar-refractivity contribution in [2.24, 2.45) is 14.1 Å². The van der Waals surface area contributed by atoms with Crippen LogP contribution in [-0.4, -0.2) is 118 Å². The van der Waals surface area contributed by atoms with Crippen LogP contribution in [0.15, 0.2) is 140 Å². The number of urea groups is 2. The molecule has 10 rings (SSSR count). The smallest absolute Gasteiger partial charge is 0.346 e. The molecule has 2 aliphatic rings. The molecule has 0 saturated carbocycles. The molecule has 77 heavy (non-hydrogen) atoms. The van der Waals surface area contributed by atoms with Gasteiger partial charge >= 0.3 is 12.1 Å². The van der Waals surface area contributed by atoms with Gasteiger partial charge in [0.05, 0.1) is 46.5 Å². The van der Waals surface area contributed by atoms with E-state index in [0.717, 1.165) is 46.2 Å². The summed E-state index contributed by atoms with van der Waals surface area (Å²) in [6, 6.07) is 25.4. The average Bonchev–Trinajstić information content (AvgIpc) is 4.27. The van der Waals surface area contributed by atoms with Crippen molar-refractivity contribution in [1.82, 2.24) is 39.3 Å². The number of rotatable bonds is 14. The number of hydrazine groups is 1. The van der Waals surface area contributed by atoms with E-state index in [2.05, 4.69) is 50.4 Å². The number of aryl methyl sites for hydroxylation is 2. The molecule has 2 fully saturated rings. The Balaban J connectivity index is 1.04. The number of pyridine rings is 2. The summed E-state index contributed by atoms with van der Waals surface area (Å²) in [5.41, 5.74) is 4.00. The Morgan fingerprint density at radius 2 is 1.08 bits per heavy atom. The molecule has 4 aromatic heterocycles. The first kappa shape index (κ1) is 51.9. The van der Waals surface area contributed by atoms with Gasteiger partial charge in [-0.2, -0.15) is 20.2 Å². The van der Waals surface area contributed by atoms with Crippen molar-refractivity contribution in [3.05, 3.63) is 157 Å². The molecule has 2 saturated heterocycles. The fourth-order valence-electron chi connectivity index (χ4n) is 9.44. The summed E-state index contributed by atoms with van der Waals surface area (Å²) >= 11 is 6.99. The fourth-order valence-corrected chi connectivity index (χ4v) is 9.66. The zero-order chi connectivity index (χ0) is 53.9. The van der Waals surface area contributed by atoms with E-state index in [0.29, 0.717) is 48.2 Å². The Morgan fingerprint density at radius 3 is 1.56 bits per heavy atom. The molecule has 0 radical (unpaired) electrons. The quantitative estimate of drug-likeness (QED) is 0.0995. The molecule has 2 unspecified atom stereocenters. The lowest BCUT2D eigenvalue weighted by Gasteiger charge is -2.36. The molecule has 8 aromatic rings. The van der Waals surface area contributed by atoms with Gasteiger partial charge < -0.3 is 39.7 Å². The van der Waals surface area contributed by atoms with Gasteiger partial charge in [-0.25, -0.2) is 18.4 Å². The lowest BCUT2D eigenvalue weighted by Crippen LogP contribution is -2.54. The van der Waals surface area contributed by atoms with E-state index in [1.54, 1.807) is 109 Å². The summed E-state index contributed by atoms with van der Waals surface area (Å²) in [7, 11) is 11.7. The van der Waals surface area contributed by atoms with Crippen LogP contribution in [0.3, 0.4) is 0 Å². The molecule has 18 nitrogen and oxygen atoms in total. The maximum Gasteiger partial charge on any atom is 0.346 e. The Labute approximate surface area is 449 Å². The van der Waals surface area contributed by atoms with Gasteiger partial charge in [-0.15, -0.1) is 0 Å². The third-order valence-electron chi connectivity index (χ3n) is 13.6. The number of likely N-dealkylation sites (N-methyl/N-ethyl adjacent to an activating group) is 2. The van der Waals surface area contributed by atoms with E-state index < -0.39 is 23.7 Å². The Kier molecular flexibility index (Phi) is 15.0. The number of amides is 4. The van der Waals surface area contributed by atoms with Gasteiger partial charge in [-0.3, -0.25) is 19.3 Å². The predicted octanol–water partition coefficient (Wildman–Crippen LogP) is 10.8. The lowest BCUT2D eigenvalue weighted by molar-refractivity contribution is 0.248. The number of carbonyl (C=O) groups is 2. The Hall–Kier alpha value is -8.59. The highest BCUT2D eigenvalue weighted by atomic mass is 35.5. The summed E-state index contributed by atoms with van der Waals surface area (Å²) in [6.45, 7) is 2.78. The first-order valence-corrected chi connectivity index (χ1v) is 25.3. The number of carbonyl (C=O) groups excluding carboxylic acids is 2. The van der Waals surface area contributed by atoms with Crippen molar-refractivity contribution >= 4 is 57.8 Å². The zero-order valence-electron chi connectivity index (χ0n) is 43.3. The Morgan fingerprint density at radius 1 is 0.597 bits per heavy atom. The van der Waals surface area contributed by atoms with E-state index in [-0.39, 0.29) is 51.4 Å². The first-order chi connectivity index (χ1) is 37.1. The molecule has 2 aliphatic heterocycles. The molecule has 6 heterocycles. The minimum absolute atomic E-state index is 0.139. The van der Waals surface area contributed by atoms with Gasteiger partial charge in [0.1, 0.15) is 34.6 Å². The highest BCUT2D eigenvalue weighted by Gasteiger charge is 2.34. The van der Waals surface area contributed by atoms with Gasteiger partial charge in [0.2, 0.25) is 0 Å². The van der Waals surface area contributed by atoms with Crippen LogP contribution in [0, 0.1) is 11.6 Å². The minimum Gasteiger partial charge on any atom is -0.457 e. The summed E-state index contributed by atoms with van der Waals surface area (Å²) in [6.07, 6.45) is 11.9. The number of aromatic nitrogens is 6. The van der Waals surface area contributed by atoms with Crippen LogP contribution in [-0.2, 0) is 14.1 Å². The first-order valence-electron chi connectivity index (χ1n) is 24.9. The maximum atomic E-state index is 16.2. The normalized spacial score (nSPS) is 15.3. The van der Waals surface area contributed by atoms with Crippen molar-refractivity contribution in [2.75, 3.05) is 84.8 Å². The molecule has 4 aromatic carbocycles. The van der Waals surface area contributed by atoms with E-state index in [1.165, 1.54) is 36.4 Å². The van der Waals surface area contributed by atoms with Crippen molar-refractivity contribution in [3.63, 3.8) is 0 Å². The predicted molar refractivity (Wildman–Crippen MR) is 295 cm³/mol. The maximum absolute atomic E-state index is 16.2. The van der Waals surface area contributed by atoms with Crippen molar-refractivity contribution in [2.45, 2.75) is 24.9 Å². The molecule has 396 valence electrons. The summed E-state index contributed by atoms with van der Waals surface area (Å²) in [5, 5.41) is 16.4. The molecule has 0 aliphatic carbocycles. The molecule has 4 amide bonds. The second kappa shape index (κ2) is 22.3. The van der Waals surface area contributed by atoms with Crippen molar-refractivity contribution < 1.29 is 27.8 Å². The summed E-state index contributed by atoms with van der Waals surface area (Å²) in [4.78, 5) is 48.5. The molecule has 2 N–H and O–H groups in total. The number of hydrogen-bond donors (Lipinski definition) is 2. The summed E-state index contributed by atoms with van der Waals surface area (Å²) in [5.74, 6) is -0.416. The largest absolute Gasteiger partial charge is 0.457 e. The van der Waals surface area contributed by atoms with E-state index in [9.17, 15) is 0 Å². The number of ether oxygens (including phenoxy) is 2. The minimum atomic E-state index is -0.973. The second-order valence-electron chi connectivity index (χ2n) is 19.4. The van der Waals surface area contributed by atoms with Crippen LogP contribution in [0.25, 0.3) is 22.5 Å². The highest BCUT2D eigenvalue weighted by molar-refractivity contribution is 6.31. The second-order valence-corrected chi connectivity index (χ2v) is 19.9. The fraction of sp³-hybridized carbons (Fsp3) is 0.250. The van der Waals surface area contributed by atoms with Crippen LogP contribution < -0.4 is 39.9 Å². The van der Waals surface area contributed by atoms with Crippen LogP contribution in [0.4, 0.5) is 52.5 Å². The van der Waals surface area contributed by atoms with Gasteiger partial charge in [-0.1, -0.05) is 17.7 Å². The number of nitrogens with zero attached hydrogens (tertiary/aromatic N) is 12. The SMILES string of the molecule is CN(C)C1CCN(c2cccc(N(C(=O)Nc3cc(Oc4ccnc(-c5cnn(C)c5)c4)ccc3F)N(C(=O)Nc3cc(Oc4ccnc(-c5cnn(C)c5)c4)ccc3F)c3cc(Cl)cc(N4CCC(N(C)C)C4)c3)c2)C1. The number of anilines is 6. The number of halogens is 3. The van der Waals surface area contributed by atoms with Crippen molar-refractivity contribution in [3.8, 4) is 45.5 Å². The molecule has 21 heteroatoms. The lowest BCUT2D eigenvalue weighted by atomic mass is 10.2. The van der Waals surface area contributed by atoms with Gasteiger partial charge in [0.25, 0.3) is 0 Å². The standard InChI is InChI=1S/C56H57ClF2N14O4/c1-66(2)41-16-20-70(34-41)39-8-7-9-40(24-39)72(55(74)64-53-28-45(10-12-49(53)58)76-47-14-18-60-51(26-47)36-30-62-68(5)32-36)73(44-23-38(57)22-43(25-44)71-21-17-42(35-71)67(3)4)56(75)65-54-29-46(11-13-50(54)59)77-48-15-19-61-52(27-48)37-31-63-69(6)33-37/h7-15,18-19,22-33,41-42H,16-17,20-21,34-35H2,1-6H3,(H,64,74)(H,65,75). The van der Waals surface area contributed by atoms with Crippen LogP contribution in [0.1, 0.15) is 12.8 Å². The number of benzene rings is 4. The van der Waals surface area contributed by atoms with Crippen LogP contribution in [0.5, 0.6) is 23.0 Å². The van der Waals surface area contributed by atoms with Gasteiger partial charge in [0, 0.05) is 129 Å². The summed E-state index contributed by atoms with van der Waals surface area (Å²) < 4.78 is 48.1. The van der Waals surface area contributed by atoms with Gasteiger partial charge in [-0.05, 0) is 114 Å². The molecular formula is C56H57ClF2N14O4. The third kappa shape index (κ3) is 11.9. The number of nitrogens with one attached hydrogen (secondary N) is 2. The molecule has 0 bridgehead atoms. The van der Waals surface area contributed by atoms with E-state index >= 15 is 18.4 Å². The number of hydrogen-bond acceptors (Lipinski definition) is 12. The van der Waals surface area contributed by atoms with Crippen molar-refractivity contribution in [1.29, 1.82) is 0 Å². The van der Waals surface area contributed by atoms with E-state index in [1.807, 2.05) is 46.7 Å². The van der Waals surface area contributed by atoms with Crippen LogP contribution in [0.2, 0.25) is 5.02 Å². The van der Waals surface area contributed by atoms with Gasteiger partial charge in [0.15, 0.2) is 0 Å². The molecular weight excluding hydrogens is 1010 g/mol. The van der Waals surface area contributed by atoms with Crippen LogP contribution >= 0.6 is 11.6 Å².